The number of carbonyl (C=O) groups is 3. The van der Waals surface area contributed by atoms with Gasteiger partial charge in [0.1, 0.15) is 5.82 Å². The van der Waals surface area contributed by atoms with Crippen molar-refractivity contribution in [2.75, 3.05) is 6.61 Å². The second kappa shape index (κ2) is 8.39. The molecule has 0 bridgehead atoms. The van der Waals surface area contributed by atoms with Crippen molar-refractivity contribution in [1.82, 2.24) is 5.32 Å². The lowest BCUT2D eigenvalue weighted by Gasteiger charge is -2.08. The van der Waals surface area contributed by atoms with Crippen LogP contribution in [-0.2, 0) is 16.1 Å². The Morgan fingerprint density at radius 2 is 1.84 bits per heavy atom. The number of benzene rings is 2. The van der Waals surface area contributed by atoms with Gasteiger partial charge in [0.2, 0.25) is 0 Å². The molecule has 0 fully saturated rings. The highest BCUT2D eigenvalue weighted by molar-refractivity contribution is 6.31. The van der Waals surface area contributed by atoms with Crippen LogP contribution >= 0.6 is 11.6 Å². The summed E-state index contributed by atoms with van der Waals surface area (Å²) in [6.07, 6.45) is 0. The Kier molecular flexibility index (Phi) is 6.25. The van der Waals surface area contributed by atoms with Crippen LogP contribution in [0, 0.1) is 5.82 Å². The van der Waals surface area contributed by atoms with E-state index in [1.165, 1.54) is 31.2 Å². The van der Waals surface area contributed by atoms with Gasteiger partial charge in [-0.05, 0) is 36.8 Å². The van der Waals surface area contributed by atoms with Gasteiger partial charge < -0.3 is 10.1 Å². The number of halogens is 2. The van der Waals surface area contributed by atoms with E-state index in [0.717, 1.165) is 6.07 Å². The molecule has 0 saturated carbocycles. The molecule has 0 aliphatic heterocycles. The highest BCUT2D eigenvalue weighted by Crippen LogP contribution is 2.16. The summed E-state index contributed by atoms with van der Waals surface area (Å²) in [7, 11) is 0. The molecule has 0 saturated heterocycles. The van der Waals surface area contributed by atoms with E-state index in [4.69, 9.17) is 16.3 Å². The topological polar surface area (TPSA) is 72.5 Å². The second-order valence-electron chi connectivity index (χ2n) is 5.23. The lowest BCUT2D eigenvalue weighted by Crippen LogP contribution is -2.28. The average Bonchev–Trinajstić information content (AvgIpc) is 2.59. The molecule has 1 N–H and O–H groups in total. The maximum absolute atomic E-state index is 12.9. The maximum atomic E-state index is 12.9. The molecule has 25 heavy (non-hydrogen) atoms. The Morgan fingerprint density at radius 1 is 1.12 bits per heavy atom. The van der Waals surface area contributed by atoms with Gasteiger partial charge in [-0.25, -0.2) is 9.18 Å². The van der Waals surface area contributed by atoms with Gasteiger partial charge in [0.25, 0.3) is 5.91 Å². The van der Waals surface area contributed by atoms with Gasteiger partial charge in [0.15, 0.2) is 12.4 Å². The van der Waals surface area contributed by atoms with Crippen LogP contribution in [0.25, 0.3) is 0 Å². The number of amides is 1. The van der Waals surface area contributed by atoms with Crippen molar-refractivity contribution in [1.29, 1.82) is 0 Å². The van der Waals surface area contributed by atoms with Crippen LogP contribution < -0.4 is 5.32 Å². The normalized spacial score (nSPS) is 10.2. The minimum atomic E-state index is -0.710. The molecule has 0 unspecified atom stereocenters. The van der Waals surface area contributed by atoms with Crippen LogP contribution in [0.4, 0.5) is 4.39 Å². The number of hydrogen-bond acceptors (Lipinski definition) is 4. The van der Waals surface area contributed by atoms with Crippen molar-refractivity contribution in [2.45, 2.75) is 13.5 Å². The monoisotopic (exact) mass is 363 g/mol. The molecule has 5 nitrogen and oxygen atoms in total. The fourth-order valence-corrected chi connectivity index (χ4v) is 2.22. The van der Waals surface area contributed by atoms with E-state index in [1.54, 1.807) is 12.1 Å². The highest BCUT2D eigenvalue weighted by Gasteiger charge is 2.12. The fraction of sp³-hybridized carbons (Fsp3) is 0.167. The van der Waals surface area contributed by atoms with Crippen molar-refractivity contribution >= 4 is 29.3 Å². The number of rotatable bonds is 6. The Morgan fingerprint density at radius 3 is 2.52 bits per heavy atom. The van der Waals surface area contributed by atoms with Crippen LogP contribution in [0.15, 0.2) is 42.5 Å². The molecule has 0 radical (unpaired) electrons. The predicted molar refractivity (Wildman–Crippen MR) is 90.0 cm³/mol. The largest absolute Gasteiger partial charge is 0.452 e. The average molecular weight is 364 g/mol. The minimum Gasteiger partial charge on any atom is -0.452 e. The number of hydrogen-bond donors (Lipinski definition) is 1. The number of ketones is 1. The lowest BCUT2D eigenvalue weighted by molar-refractivity contribution is -0.124. The molecule has 7 heteroatoms. The quantitative estimate of drug-likeness (QED) is 0.632. The summed E-state index contributed by atoms with van der Waals surface area (Å²) >= 11 is 5.86. The zero-order valence-corrected chi connectivity index (χ0v) is 14.1. The van der Waals surface area contributed by atoms with E-state index in [2.05, 4.69) is 5.32 Å². The second-order valence-corrected chi connectivity index (χ2v) is 5.63. The van der Waals surface area contributed by atoms with Gasteiger partial charge in [-0.3, -0.25) is 9.59 Å². The summed E-state index contributed by atoms with van der Waals surface area (Å²) in [6.45, 7) is 0.982. The molecule has 2 rings (SSSR count). The highest BCUT2D eigenvalue weighted by atomic mass is 35.5. The molecule has 0 heterocycles. The standard InChI is InChI=1S/C18H15ClFNO4/c1-11(22)12-3-2-4-13(7-12)18(24)25-10-17(23)21-9-14-5-6-15(20)8-16(14)19/h2-8H,9-10H2,1H3,(H,21,23). The van der Waals surface area contributed by atoms with Crippen LogP contribution in [0.2, 0.25) is 5.02 Å². The Bertz CT molecular complexity index is 822. The smallest absolute Gasteiger partial charge is 0.338 e. The van der Waals surface area contributed by atoms with Gasteiger partial charge in [-0.1, -0.05) is 29.8 Å². The van der Waals surface area contributed by atoms with Crippen molar-refractivity contribution in [2.24, 2.45) is 0 Å². The Hall–Kier alpha value is -2.73. The molecule has 0 aromatic heterocycles. The molecule has 0 spiro atoms. The lowest BCUT2D eigenvalue weighted by atomic mass is 10.1. The number of ether oxygens (including phenoxy) is 1. The zero-order valence-electron chi connectivity index (χ0n) is 13.3. The van der Waals surface area contributed by atoms with E-state index in [9.17, 15) is 18.8 Å². The minimum absolute atomic E-state index is 0.0787. The van der Waals surface area contributed by atoms with Crippen molar-refractivity contribution in [3.8, 4) is 0 Å². The van der Waals surface area contributed by atoms with Crippen LogP contribution in [-0.4, -0.2) is 24.3 Å². The van der Waals surface area contributed by atoms with Crippen LogP contribution in [0.3, 0.4) is 0 Å². The molecule has 130 valence electrons. The van der Waals surface area contributed by atoms with Gasteiger partial charge in [-0.15, -0.1) is 0 Å². The summed E-state index contributed by atoms with van der Waals surface area (Å²) in [4.78, 5) is 35.0. The first-order valence-electron chi connectivity index (χ1n) is 7.35. The predicted octanol–water partition coefficient (Wildman–Crippen LogP) is 3.15. The third-order valence-electron chi connectivity index (χ3n) is 3.33. The van der Waals surface area contributed by atoms with Crippen molar-refractivity contribution in [3.05, 3.63) is 70.0 Å². The molecule has 2 aromatic carbocycles. The van der Waals surface area contributed by atoms with E-state index in [0.29, 0.717) is 11.1 Å². The first-order valence-corrected chi connectivity index (χ1v) is 7.73. The molecular formula is C18H15ClFNO4. The van der Waals surface area contributed by atoms with E-state index >= 15 is 0 Å². The third-order valence-corrected chi connectivity index (χ3v) is 3.68. The number of esters is 1. The van der Waals surface area contributed by atoms with Crippen LogP contribution in [0.5, 0.6) is 0 Å². The molecule has 1 amide bonds. The van der Waals surface area contributed by atoms with Gasteiger partial charge in [0.05, 0.1) is 5.56 Å². The summed E-state index contributed by atoms with van der Waals surface area (Å²) < 4.78 is 17.9. The SMILES string of the molecule is CC(=O)c1cccc(C(=O)OCC(=O)NCc2ccc(F)cc2Cl)c1. The van der Waals surface area contributed by atoms with Crippen LogP contribution in [0.1, 0.15) is 33.2 Å². The maximum Gasteiger partial charge on any atom is 0.338 e. The van der Waals surface area contributed by atoms with Gasteiger partial charge >= 0.3 is 5.97 Å². The van der Waals surface area contributed by atoms with Crippen molar-refractivity contribution in [3.63, 3.8) is 0 Å². The summed E-state index contributed by atoms with van der Waals surface area (Å²) in [5.74, 6) is -1.89. The zero-order chi connectivity index (χ0) is 18.4. The van der Waals surface area contributed by atoms with Gasteiger partial charge in [-0.2, -0.15) is 0 Å². The first-order chi connectivity index (χ1) is 11.9. The molecule has 0 atom stereocenters. The van der Waals surface area contributed by atoms with Crippen molar-refractivity contribution < 1.29 is 23.5 Å². The number of Topliss-reactive ketones (excluding diaryl/α,β-unsaturated/α-hetero) is 1. The third kappa shape index (κ3) is 5.39. The van der Waals surface area contributed by atoms with E-state index < -0.39 is 24.3 Å². The number of nitrogens with one attached hydrogen (secondary N) is 1. The van der Waals surface area contributed by atoms with E-state index in [-0.39, 0.29) is 22.9 Å². The summed E-state index contributed by atoms with van der Waals surface area (Å²) in [5.41, 5.74) is 1.10. The Balaban J connectivity index is 1.86. The molecule has 0 aliphatic rings. The molecule has 2 aromatic rings. The van der Waals surface area contributed by atoms with E-state index in [1.807, 2.05) is 0 Å². The Labute approximate surface area is 148 Å². The first kappa shape index (κ1) is 18.6. The molecule has 0 aliphatic carbocycles. The summed E-state index contributed by atoms with van der Waals surface area (Å²) in [5, 5.41) is 2.71. The van der Waals surface area contributed by atoms with Gasteiger partial charge in [0, 0.05) is 17.1 Å². The fourth-order valence-electron chi connectivity index (χ4n) is 1.99. The summed E-state index contributed by atoms with van der Waals surface area (Å²) in [6, 6.07) is 9.87. The molecular weight excluding hydrogens is 349 g/mol. The number of carbonyl (C=O) groups excluding carboxylic acids is 3.